The molecule has 32 heavy (non-hydrogen) atoms. The van der Waals surface area contributed by atoms with Gasteiger partial charge in [-0.15, -0.1) is 10.2 Å². The predicted octanol–water partition coefficient (Wildman–Crippen LogP) is 4.38. The van der Waals surface area contributed by atoms with Crippen molar-refractivity contribution in [1.29, 1.82) is 0 Å². The van der Waals surface area contributed by atoms with E-state index < -0.39 is 0 Å². The summed E-state index contributed by atoms with van der Waals surface area (Å²) in [4.78, 5) is 15.6. The lowest BCUT2D eigenvalue weighted by Crippen LogP contribution is -2.47. The average molecular weight is 470 g/mol. The number of aromatic nitrogens is 3. The number of amides is 1. The van der Waals surface area contributed by atoms with Gasteiger partial charge in [0, 0.05) is 18.7 Å². The van der Waals surface area contributed by atoms with Gasteiger partial charge in [-0.25, -0.2) is 4.68 Å². The Morgan fingerprint density at radius 1 is 1.12 bits per heavy atom. The smallest absolute Gasteiger partial charge is 0.238 e. The lowest BCUT2D eigenvalue weighted by Gasteiger charge is -2.37. The zero-order valence-corrected chi connectivity index (χ0v) is 19.3. The Morgan fingerprint density at radius 2 is 1.91 bits per heavy atom. The molecule has 3 aromatic rings. The van der Waals surface area contributed by atoms with Crippen molar-refractivity contribution in [3.05, 3.63) is 59.1 Å². The van der Waals surface area contributed by atoms with Crippen molar-refractivity contribution in [2.24, 2.45) is 0 Å². The molecule has 1 fully saturated rings. The van der Waals surface area contributed by atoms with Gasteiger partial charge in [-0.3, -0.25) is 4.79 Å². The maximum Gasteiger partial charge on any atom is 0.238 e. The number of nitrogens with one attached hydrogen (secondary N) is 1. The van der Waals surface area contributed by atoms with E-state index >= 15 is 0 Å². The minimum Gasteiger partial charge on any atom is -0.495 e. The van der Waals surface area contributed by atoms with Crippen LogP contribution in [-0.2, 0) is 4.79 Å². The molecule has 9 heteroatoms. The zero-order chi connectivity index (χ0) is 22.1. The second kappa shape index (κ2) is 9.03. The van der Waals surface area contributed by atoms with E-state index in [1.165, 1.54) is 18.2 Å². The second-order valence-electron chi connectivity index (χ2n) is 7.93. The third-order valence-corrected chi connectivity index (χ3v) is 7.41. The van der Waals surface area contributed by atoms with Crippen molar-refractivity contribution in [2.45, 2.75) is 35.7 Å². The van der Waals surface area contributed by atoms with Crippen LogP contribution in [-0.4, -0.2) is 51.1 Å². The van der Waals surface area contributed by atoms with Gasteiger partial charge in [-0.2, -0.15) is 0 Å². The van der Waals surface area contributed by atoms with Crippen LogP contribution < -0.4 is 10.2 Å². The number of hydrogen-bond acceptors (Lipinski definition) is 6. The first kappa shape index (κ1) is 21.2. The van der Waals surface area contributed by atoms with Gasteiger partial charge in [0.15, 0.2) is 5.82 Å². The number of halogens is 1. The molecular formula is C23H24ClN5O2S. The highest BCUT2D eigenvalue weighted by Crippen LogP contribution is 2.41. The highest BCUT2D eigenvalue weighted by molar-refractivity contribution is 8.00. The van der Waals surface area contributed by atoms with Gasteiger partial charge < -0.3 is 15.1 Å². The summed E-state index contributed by atoms with van der Waals surface area (Å²) in [5.74, 6) is 1.43. The van der Waals surface area contributed by atoms with Crippen LogP contribution in [0.1, 0.15) is 30.9 Å². The molecule has 5 rings (SSSR count). The van der Waals surface area contributed by atoms with E-state index in [9.17, 15) is 4.79 Å². The summed E-state index contributed by atoms with van der Waals surface area (Å²) in [5.41, 5.74) is 5.38. The molecule has 1 aromatic heterocycles. The molecule has 2 aromatic carbocycles. The summed E-state index contributed by atoms with van der Waals surface area (Å²) < 4.78 is 7.20. The van der Waals surface area contributed by atoms with Crippen LogP contribution in [0.4, 0.5) is 0 Å². The van der Waals surface area contributed by atoms with Crippen LogP contribution >= 0.6 is 23.4 Å². The third kappa shape index (κ3) is 3.93. The van der Waals surface area contributed by atoms with Gasteiger partial charge in [0.05, 0.1) is 18.2 Å². The van der Waals surface area contributed by atoms with Crippen molar-refractivity contribution in [3.63, 3.8) is 0 Å². The Morgan fingerprint density at radius 3 is 2.62 bits per heavy atom. The maximum atomic E-state index is 13.6. The third-order valence-electron chi connectivity index (χ3n) is 5.91. The Bertz CT molecular complexity index is 1120. The first-order chi connectivity index (χ1) is 15.7. The number of benzene rings is 2. The largest absolute Gasteiger partial charge is 0.495 e. The van der Waals surface area contributed by atoms with Gasteiger partial charge in [-0.1, -0.05) is 59.8 Å². The molecule has 2 aliphatic heterocycles. The van der Waals surface area contributed by atoms with E-state index in [0.717, 1.165) is 37.1 Å². The van der Waals surface area contributed by atoms with Crippen LogP contribution in [0.3, 0.4) is 0 Å². The van der Waals surface area contributed by atoms with E-state index in [1.807, 2.05) is 58.1 Å². The summed E-state index contributed by atoms with van der Waals surface area (Å²) >= 11 is 7.90. The Kier molecular flexibility index (Phi) is 5.97. The maximum absolute atomic E-state index is 13.6. The molecule has 0 saturated carbocycles. The predicted molar refractivity (Wildman–Crippen MR) is 126 cm³/mol. The monoisotopic (exact) mass is 469 g/mol. The quantitative estimate of drug-likeness (QED) is 0.611. The Labute approximate surface area is 196 Å². The number of carbonyl (C=O) groups excluding carboxylic acids is 1. The van der Waals surface area contributed by atoms with Crippen molar-refractivity contribution >= 4 is 29.3 Å². The fraction of sp³-hybridized carbons (Fsp3) is 0.348. The molecule has 0 radical (unpaired) electrons. The first-order valence-corrected chi connectivity index (χ1v) is 12.0. The number of thioether (sulfide) groups is 1. The van der Waals surface area contributed by atoms with E-state index in [1.54, 1.807) is 7.11 Å². The fourth-order valence-corrected chi connectivity index (χ4v) is 5.67. The number of rotatable bonds is 4. The minimum atomic E-state index is -0.377. The normalized spacial score (nSPS) is 20.4. The molecule has 7 nitrogen and oxygen atoms in total. The summed E-state index contributed by atoms with van der Waals surface area (Å²) in [6.07, 6.45) is 3.26. The van der Waals surface area contributed by atoms with Crippen molar-refractivity contribution in [1.82, 2.24) is 19.8 Å². The Hall–Kier alpha value is -2.71. The summed E-state index contributed by atoms with van der Waals surface area (Å²) in [5, 5.41) is 9.60. The topological polar surface area (TPSA) is 72.3 Å². The minimum absolute atomic E-state index is 0.120. The van der Waals surface area contributed by atoms with Crippen molar-refractivity contribution < 1.29 is 9.53 Å². The Balaban J connectivity index is 1.54. The van der Waals surface area contributed by atoms with Crippen molar-refractivity contribution in [3.8, 4) is 17.1 Å². The molecule has 3 heterocycles. The highest BCUT2D eigenvalue weighted by atomic mass is 35.5. The number of methoxy groups -OCH3 is 1. The number of fused-ring (bicyclic) bond motifs is 1. The van der Waals surface area contributed by atoms with Crippen LogP contribution in [0.15, 0.2) is 53.7 Å². The molecule has 0 bridgehead atoms. The van der Waals surface area contributed by atoms with Gasteiger partial charge in [0.2, 0.25) is 11.1 Å². The number of piperidine rings is 1. The molecule has 2 aliphatic rings. The van der Waals surface area contributed by atoms with Gasteiger partial charge in [-0.05, 0) is 37.0 Å². The van der Waals surface area contributed by atoms with Crippen LogP contribution in [0.25, 0.3) is 11.4 Å². The van der Waals surface area contributed by atoms with E-state index in [2.05, 4.69) is 15.6 Å². The fourth-order valence-electron chi connectivity index (χ4n) is 4.24. The molecule has 166 valence electrons. The number of nitrogens with zero attached hydrogens (tertiary/aromatic N) is 4. The standard InChI is InChI=1S/C23H24ClN5O2S/c1-31-18-11-10-16(14-17(18)24)19-20(22(30)28-12-6-3-7-13-28)32-23-26-25-21(29(23)27-19)15-8-4-2-5-9-15/h2,4-5,8-11,14,19-20,27H,3,6-7,12-13H2,1H3/t19-,20+/m0/s1. The highest BCUT2D eigenvalue weighted by Gasteiger charge is 2.40. The van der Waals surface area contributed by atoms with E-state index in [0.29, 0.717) is 21.8 Å². The van der Waals surface area contributed by atoms with Crippen LogP contribution in [0.5, 0.6) is 5.75 Å². The van der Waals surface area contributed by atoms with E-state index in [4.69, 9.17) is 16.3 Å². The molecule has 1 amide bonds. The summed E-state index contributed by atoms with van der Waals surface area (Å²) in [7, 11) is 1.59. The lowest BCUT2D eigenvalue weighted by molar-refractivity contribution is -0.131. The molecule has 0 unspecified atom stereocenters. The van der Waals surface area contributed by atoms with E-state index in [-0.39, 0.29) is 17.2 Å². The van der Waals surface area contributed by atoms with Gasteiger partial charge in [0.1, 0.15) is 11.0 Å². The zero-order valence-electron chi connectivity index (χ0n) is 17.7. The molecule has 1 N–H and O–H groups in total. The SMILES string of the molecule is COc1ccc([C@@H]2Nn3c(nnc3-c3ccccc3)S[C@H]2C(=O)N2CCCCC2)cc1Cl. The summed E-state index contributed by atoms with van der Waals surface area (Å²) in [6.45, 7) is 1.60. The second-order valence-corrected chi connectivity index (χ2v) is 9.45. The van der Waals surface area contributed by atoms with Gasteiger partial charge >= 0.3 is 0 Å². The number of hydrogen-bond donors (Lipinski definition) is 1. The van der Waals surface area contributed by atoms with Crippen molar-refractivity contribution in [2.75, 3.05) is 25.6 Å². The molecule has 0 spiro atoms. The summed E-state index contributed by atoms with van der Waals surface area (Å²) in [6, 6.07) is 15.3. The molecule has 2 atom stereocenters. The molecule has 0 aliphatic carbocycles. The van der Waals surface area contributed by atoms with Crippen LogP contribution in [0, 0.1) is 0 Å². The number of ether oxygens (including phenoxy) is 1. The van der Waals surface area contributed by atoms with Gasteiger partial charge in [0.25, 0.3) is 0 Å². The average Bonchev–Trinajstić information content (AvgIpc) is 3.27. The van der Waals surface area contributed by atoms with Crippen LogP contribution in [0.2, 0.25) is 5.02 Å². The molecular weight excluding hydrogens is 446 g/mol. The first-order valence-electron chi connectivity index (χ1n) is 10.7. The molecule has 1 saturated heterocycles. The lowest BCUT2D eigenvalue weighted by atomic mass is 10.0. The number of likely N-dealkylation sites (tertiary alicyclic amines) is 1. The number of carbonyl (C=O) groups is 1.